The maximum absolute atomic E-state index is 10.4. The van der Waals surface area contributed by atoms with E-state index < -0.39 is 9.85 Å². The van der Waals surface area contributed by atoms with Crippen molar-refractivity contribution in [2.75, 3.05) is 12.4 Å². The Hall–Kier alpha value is -2.23. The van der Waals surface area contributed by atoms with E-state index in [1.165, 1.54) is 24.3 Å². The highest BCUT2D eigenvalue weighted by Gasteiger charge is 2.13. The van der Waals surface area contributed by atoms with Crippen molar-refractivity contribution in [1.29, 1.82) is 0 Å². The average Bonchev–Trinajstić information content (AvgIpc) is 2.46. The molecule has 122 valence electrons. The Morgan fingerprint density at radius 3 is 1.83 bits per heavy atom. The number of anilines is 1. The van der Waals surface area contributed by atoms with E-state index in [9.17, 15) is 20.2 Å². The van der Waals surface area contributed by atoms with Crippen LogP contribution in [-0.4, -0.2) is 26.9 Å². The van der Waals surface area contributed by atoms with Crippen LogP contribution in [0.2, 0.25) is 15.5 Å². The smallest absolute Gasteiger partial charge is 0.311 e. The molecule has 0 amide bonds. The molecule has 0 fully saturated rings. The number of hydrogen-bond donors (Lipinski definition) is 1. The fourth-order valence-electron chi connectivity index (χ4n) is 1.30. The molecule has 0 saturated heterocycles. The quantitative estimate of drug-likeness (QED) is 0.485. The topological polar surface area (TPSA) is 124 Å². The second-order valence-electron chi connectivity index (χ2n) is 3.71. The molecule has 2 rings (SSSR count). The first-order valence-electron chi connectivity index (χ1n) is 5.71. The number of aromatic nitrogens is 2. The van der Waals surface area contributed by atoms with Gasteiger partial charge in [0.2, 0.25) is 11.0 Å². The molecule has 2 aromatic rings. The Balaban J connectivity index is 0.000000231. The molecular weight excluding hydrogens is 373 g/mol. The number of hydrogen-bond acceptors (Lipinski definition) is 7. The molecule has 1 N–H and O–H groups in total. The summed E-state index contributed by atoms with van der Waals surface area (Å²) in [5.74, 6) is 0.174. The van der Waals surface area contributed by atoms with Crippen LogP contribution in [0.4, 0.5) is 17.2 Å². The third-order valence-electron chi connectivity index (χ3n) is 2.27. The summed E-state index contributed by atoms with van der Waals surface area (Å²) in [6.45, 7) is 0. The van der Waals surface area contributed by atoms with E-state index in [4.69, 9.17) is 34.8 Å². The van der Waals surface area contributed by atoms with Crippen LogP contribution >= 0.6 is 34.8 Å². The van der Waals surface area contributed by atoms with E-state index >= 15 is 0 Å². The summed E-state index contributed by atoms with van der Waals surface area (Å²) >= 11 is 16.3. The molecule has 0 atom stereocenters. The molecular formula is C11H8Cl3N5O4. The zero-order valence-corrected chi connectivity index (χ0v) is 13.6. The van der Waals surface area contributed by atoms with Crippen molar-refractivity contribution in [3.63, 3.8) is 0 Å². The van der Waals surface area contributed by atoms with Gasteiger partial charge in [0, 0.05) is 19.2 Å². The number of pyridine rings is 2. The van der Waals surface area contributed by atoms with Crippen LogP contribution in [0.25, 0.3) is 0 Å². The number of nitrogens with one attached hydrogen (secondary N) is 1. The largest absolute Gasteiger partial charge is 0.367 e. The minimum absolute atomic E-state index is 0.0816. The molecule has 23 heavy (non-hydrogen) atoms. The Morgan fingerprint density at radius 1 is 0.913 bits per heavy atom. The first-order chi connectivity index (χ1) is 10.8. The molecule has 0 unspecified atom stereocenters. The van der Waals surface area contributed by atoms with E-state index in [2.05, 4.69) is 15.3 Å². The summed E-state index contributed by atoms with van der Waals surface area (Å²) in [4.78, 5) is 26.6. The van der Waals surface area contributed by atoms with Gasteiger partial charge in [-0.3, -0.25) is 20.2 Å². The predicted octanol–water partition coefficient (Wildman–Crippen LogP) is 3.98. The minimum atomic E-state index is -0.619. The molecule has 0 saturated carbocycles. The van der Waals surface area contributed by atoms with Crippen LogP contribution in [0.5, 0.6) is 0 Å². The maximum atomic E-state index is 10.4. The number of nitro groups is 2. The summed E-state index contributed by atoms with van der Waals surface area (Å²) in [5, 5.41) is 23.3. The van der Waals surface area contributed by atoms with Crippen molar-refractivity contribution >= 4 is 52.0 Å². The van der Waals surface area contributed by atoms with Crippen molar-refractivity contribution in [1.82, 2.24) is 9.97 Å². The Kier molecular flexibility index (Phi) is 6.89. The summed E-state index contributed by atoms with van der Waals surface area (Å²) in [6, 6.07) is 5.20. The Bertz CT molecular complexity index is 744. The van der Waals surface area contributed by atoms with Gasteiger partial charge in [-0.25, -0.2) is 9.97 Å². The van der Waals surface area contributed by atoms with Crippen LogP contribution in [0.3, 0.4) is 0 Å². The molecule has 0 radical (unpaired) electrons. The van der Waals surface area contributed by atoms with Crippen molar-refractivity contribution in [3.8, 4) is 0 Å². The van der Waals surface area contributed by atoms with E-state index in [1.807, 2.05) is 0 Å². The molecule has 12 heteroatoms. The average molecular weight is 381 g/mol. The molecule has 0 spiro atoms. The van der Waals surface area contributed by atoms with E-state index in [-0.39, 0.29) is 32.7 Å². The normalized spacial score (nSPS) is 9.57. The molecule has 0 aliphatic carbocycles. The number of halogens is 3. The zero-order valence-electron chi connectivity index (χ0n) is 11.4. The minimum Gasteiger partial charge on any atom is -0.367 e. The third kappa shape index (κ3) is 5.47. The zero-order chi connectivity index (χ0) is 17.6. The number of nitrogens with zero attached hydrogens (tertiary/aromatic N) is 4. The van der Waals surface area contributed by atoms with Crippen molar-refractivity contribution in [2.45, 2.75) is 0 Å². The molecule has 0 bridgehead atoms. The van der Waals surface area contributed by atoms with Crippen LogP contribution < -0.4 is 5.32 Å². The first kappa shape index (κ1) is 18.8. The molecule has 9 nitrogen and oxygen atoms in total. The van der Waals surface area contributed by atoms with Crippen LogP contribution in [-0.2, 0) is 0 Å². The summed E-state index contributed by atoms with van der Waals surface area (Å²) in [5.41, 5.74) is -0.321. The lowest BCUT2D eigenvalue weighted by Crippen LogP contribution is -1.98. The van der Waals surface area contributed by atoms with E-state index in [0.29, 0.717) is 0 Å². The van der Waals surface area contributed by atoms with Gasteiger partial charge in [0.05, 0.1) is 9.85 Å². The van der Waals surface area contributed by atoms with Crippen molar-refractivity contribution in [2.24, 2.45) is 0 Å². The Labute approximate surface area is 144 Å². The summed E-state index contributed by atoms with van der Waals surface area (Å²) in [7, 11) is 1.55. The van der Waals surface area contributed by atoms with Gasteiger partial charge in [-0.15, -0.1) is 0 Å². The Morgan fingerprint density at radius 2 is 1.39 bits per heavy atom. The van der Waals surface area contributed by atoms with Crippen LogP contribution in [0.1, 0.15) is 0 Å². The van der Waals surface area contributed by atoms with Crippen LogP contribution in [0, 0.1) is 20.2 Å². The SMILES string of the molecule is CNc1nc(Cl)ccc1[N+](=O)[O-].O=[N+]([O-])c1ccc(Cl)nc1Cl. The van der Waals surface area contributed by atoms with Gasteiger partial charge < -0.3 is 5.32 Å². The van der Waals surface area contributed by atoms with E-state index in [1.54, 1.807) is 7.05 Å². The summed E-state index contributed by atoms with van der Waals surface area (Å²) < 4.78 is 0. The highest BCUT2D eigenvalue weighted by atomic mass is 35.5. The lowest BCUT2D eigenvalue weighted by atomic mass is 10.4. The predicted molar refractivity (Wildman–Crippen MR) is 86.4 cm³/mol. The fourth-order valence-corrected chi connectivity index (χ4v) is 1.86. The molecule has 2 aromatic heterocycles. The molecule has 0 aliphatic rings. The monoisotopic (exact) mass is 379 g/mol. The van der Waals surface area contributed by atoms with Crippen molar-refractivity contribution in [3.05, 3.63) is 60.0 Å². The van der Waals surface area contributed by atoms with Crippen LogP contribution in [0.15, 0.2) is 24.3 Å². The van der Waals surface area contributed by atoms with Gasteiger partial charge in [0.1, 0.15) is 10.3 Å². The highest BCUT2D eigenvalue weighted by molar-refractivity contribution is 6.33. The number of rotatable bonds is 3. The standard InChI is InChI=1S/C6H6ClN3O2.C5H2Cl2N2O2/c1-8-6-4(10(11)12)2-3-5(7)9-6;6-4-2-1-3(9(10)11)5(7)8-4/h2-3H,1H3,(H,8,9);1-2H. The fraction of sp³-hybridized carbons (Fsp3) is 0.0909. The lowest BCUT2D eigenvalue weighted by Gasteiger charge is -1.99. The summed E-state index contributed by atoms with van der Waals surface area (Å²) in [6.07, 6.45) is 0. The molecule has 0 aromatic carbocycles. The third-order valence-corrected chi connectivity index (χ3v) is 2.96. The maximum Gasteiger partial charge on any atom is 0.311 e. The van der Waals surface area contributed by atoms with E-state index in [0.717, 1.165) is 0 Å². The van der Waals surface area contributed by atoms with Crippen molar-refractivity contribution < 1.29 is 9.85 Å². The van der Waals surface area contributed by atoms with Gasteiger partial charge in [-0.1, -0.05) is 34.8 Å². The van der Waals surface area contributed by atoms with Gasteiger partial charge in [0.15, 0.2) is 0 Å². The highest BCUT2D eigenvalue weighted by Crippen LogP contribution is 2.23. The van der Waals surface area contributed by atoms with Gasteiger partial charge in [0.25, 0.3) is 0 Å². The first-order valence-corrected chi connectivity index (χ1v) is 6.84. The molecule has 0 aliphatic heterocycles. The second-order valence-corrected chi connectivity index (χ2v) is 4.84. The molecule has 2 heterocycles. The van der Waals surface area contributed by atoms with Gasteiger partial charge in [-0.05, 0) is 12.1 Å². The second kappa shape index (κ2) is 8.42. The lowest BCUT2D eigenvalue weighted by molar-refractivity contribution is -0.385. The van der Waals surface area contributed by atoms with Gasteiger partial charge >= 0.3 is 11.4 Å². The van der Waals surface area contributed by atoms with Gasteiger partial charge in [-0.2, -0.15) is 0 Å².